The predicted octanol–water partition coefficient (Wildman–Crippen LogP) is 2.13. The van der Waals surface area contributed by atoms with E-state index >= 15 is 0 Å². The van der Waals surface area contributed by atoms with Crippen molar-refractivity contribution in [2.24, 2.45) is 0 Å². The van der Waals surface area contributed by atoms with Gasteiger partial charge in [-0.1, -0.05) is 30.3 Å². The van der Waals surface area contributed by atoms with Crippen LogP contribution in [0.2, 0.25) is 0 Å². The second-order valence-electron chi connectivity index (χ2n) is 5.75. The van der Waals surface area contributed by atoms with E-state index in [2.05, 4.69) is 10.6 Å². The summed E-state index contributed by atoms with van der Waals surface area (Å²) in [4.78, 5) is 34.5. The summed E-state index contributed by atoms with van der Waals surface area (Å²) in [5.41, 5.74) is 0.896. The number of nitro benzene ring substituents is 1. The molecular formula is C19H21N3O6. The molecule has 0 saturated heterocycles. The number of rotatable bonds is 10. The van der Waals surface area contributed by atoms with E-state index < -0.39 is 23.4 Å². The Kier molecular flexibility index (Phi) is 7.92. The fraction of sp³-hybridized carbons (Fsp3) is 0.263. The van der Waals surface area contributed by atoms with Crippen molar-refractivity contribution in [2.45, 2.75) is 6.54 Å². The molecule has 28 heavy (non-hydrogen) atoms. The van der Waals surface area contributed by atoms with Crippen molar-refractivity contribution in [2.75, 3.05) is 32.2 Å². The van der Waals surface area contributed by atoms with Crippen molar-refractivity contribution in [3.05, 3.63) is 69.8 Å². The third-order valence-electron chi connectivity index (χ3n) is 3.72. The topological polar surface area (TPSA) is 120 Å². The highest BCUT2D eigenvalue weighted by molar-refractivity contribution is 5.93. The van der Waals surface area contributed by atoms with Crippen LogP contribution in [0.5, 0.6) is 0 Å². The number of esters is 1. The second kappa shape index (κ2) is 10.6. The van der Waals surface area contributed by atoms with E-state index in [0.29, 0.717) is 19.7 Å². The Hall–Kier alpha value is -3.46. The number of carbonyl (C=O) groups excluding carboxylic acids is 2. The van der Waals surface area contributed by atoms with Crippen LogP contribution in [0.25, 0.3) is 0 Å². The lowest BCUT2D eigenvalue weighted by molar-refractivity contribution is -0.384. The van der Waals surface area contributed by atoms with Gasteiger partial charge >= 0.3 is 5.97 Å². The maximum atomic E-state index is 12.1. The number of hydrogen-bond donors (Lipinski definition) is 2. The van der Waals surface area contributed by atoms with Gasteiger partial charge < -0.3 is 20.1 Å². The first-order valence-corrected chi connectivity index (χ1v) is 8.50. The standard InChI is InChI=1S/C19H21N3O6/c1-27-10-9-20-16-8-7-15(11-17(16)22(25)26)19(24)28-13-18(23)21-12-14-5-3-2-4-6-14/h2-8,11,20H,9-10,12-13H2,1H3,(H,21,23). The van der Waals surface area contributed by atoms with E-state index in [0.717, 1.165) is 11.6 Å². The number of carbonyl (C=O) groups is 2. The number of amides is 1. The summed E-state index contributed by atoms with van der Waals surface area (Å²) in [7, 11) is 1.52. The monoisotopic (exact) mass is 387 g/mol. The molecule has 2 N–H and O–H groups in total. The van der Waals surface area contributed by atoms with Gasteiger partial charge in [0.15, 0.2) is 6.61 Å². The van der Waals surface area contributed by atoms with Crippen LogP contribution in [0.4, 0.5) is 11.4 Å². The van der Waals surface area contributed by atoms with Gasteiger partial charge in [0.1, 0.15) is 5.69 Å². The van der Waals surface area contributed by atoms with Crippen molar-refractivity contribution in [1.29, 1.82) is 0 Å². The minimum absolute atomic E-state index is 0.0140. The third kappa shape index (κ3) is 6.36. The van der Waals surface area contributed by atoms with Gasteiger partial charge in [-0.2, -0.15) is 0 Å². The Morgan fingerprint density at radius 2 is 1.89 bits per heavy atom. The smallest absolute Gasteiger partial charge is 0.338 e. The lowest BCUT2D eigenvalue weighted by Crippen LogP contribution is -2.28. The molecule has 0 aliphatic heterocycles. The molecule has 0 radical (unpaired) electrons. The molecular weight excluding hydrogens is 366 g/mol. The largest absolute Gasteiger partial charge is 0.452 e. The number of anilines is 1. The second-order valence-corrected chi connectivity index (χ2v) is 5.75. The van der Waals surface area contributed by atoms with Crippen molar-refractivity contribution in [1.82, 2.24) is 5.32 Å². The predicted molar refractivity (Wildman–Crippen MR) is 102 cm³/mol. The third-order valence-corrected chi connectivity index (χ3v) is 3.72. The maximum Gasteiger partial charge on any atom is 0.338 e. The zero-order chi connectivity index (χ0) is 20.4. The average molecular weight is 387 g/mol. The van der Waals surface area contributed by atoms with Crippen LogP contribution < -0.4 is 10.6 Å². The number of nitro groups is 1. The van der Waals surface area contributed by atoms with Gasteiger partial charge in [-0.25, -0.2) is 4.79 Å². The summed E-state index contributed by atoms with van der Waals surface area (Å²) in [5.74, 6) is -1.29. The van der Waals surface area contributed by atoms with E-state index in [1.54, 1.807) is 0 Å². The van der Waals surface area contributed by atoms with Crippen molar-refractivity contribution in [3.63, 3.8) is 0 Å². The van der Waals surface area contributed by atoms with Gasteiger partial charge in [0.2, 0.25) is 0 Å². The number of hydrogen-bond acceptors (Lipinski definition) is 7. The van der Waals surface area contributed by atoms with Crippen LogP contribution in [0.3, 0.4) is 0 Å². The zero-order valence-corrected chi connectivity index (χ0v) is 15.3. The van der Waals surface area contributed by atoms with Crippen LogP contribution in [0, 0.1) is 10.1 Å². The lowest BCUT2D eigenvalue weighted by atomic mass is 10.1. The van der Waals surface area contributed by atoms with E-state index in [-0.39, 0.29) is 16.9 Å². The number of methoxy groups -OCH3 is 1. The molecule has 0 aliphatic carbocycles. The summed E-state index contributed by atoms with van der Waals surface area (Å²) in [6.45, 7) is 0.583. The molecule has 9 nitrogen and oxygen atoms in total. The molecule has 2 aromatic rings. The van der Waals surface area contributed by atoms with Crippen LogP contribution >= 0.6 is 0 Å². The molecule has 0 aliphatic rings. The van der Waals surface area contributed by atoms with Crippen molar-refractivity contribution >= 4 is 23.3 Å². The van der Waals surface area contributed by atoms with E-state index in [9.17, 15) is 19.7 Å². The lowest BCUT2D eigenvalue weighted by Gasteiger charge is -2.09. The van der Waals surface area contributed by atoms with Crippen molar-refractivity contribution in [3.8, 4) is 0 Å². The van der Waals surface area contributed by atoms with Gasteiger partial charge in [0.05, 0.1) is 17.1 Å². The molecule has 0 bridgehead atoms. The van der Waals surface area contributed by atoms with E-state index in [4.69, 9.17) is 9.47 Å². The molecule has 1 amide bonds. The molecule has 0 atom stereocenters. The molecule has 2 rings (SSSR count). The fourth-order valence-electron chi connectivity index (χ4n) is 2.31. The van der Waals surface area contributed by atoms with Crippen molar-refractivity contribution < 1.29 is 24.0 Å². The first-order chi connectivity index (χ1) is 13.5. The van der Waals surface area contributed by atoms with Gasteiger partial charge in [0.25, 0.3) is 11.6 Å². The molecule has 0 fully saturated rings. The SMILES string of the molecule is COCCNc1ccc(C(=O)OCC(=O)NCc2ccccc2)cc1[N+](=O)[O-]. The number of nitrogens with one attached hydrogen (secondary N) is 2. The summed E-state index contributed by atoms with van der Waals surface area (Å²) in [5, 5.41) is 16.7. The van der Waals surface area contributed by atoms with E-state index in [1.165, 1.54) is 19.2 Å². The first kappa shape index (κ1) is 20.8. The first-order valence-electron chi connectivity index (χ1n) is 8.50. The molecule has 2 aromatic carbocycles. The molecule has 148 valence electrons. The van der Waals surface area contributed by atoms with Gasteiger partial charge in [-0.3, -0.25) is 14.9 Å². The van der Waals surface area contributed by atoms with Gasteiger partial charge in [-0.15, -0.1) is 0 Å². The molecule has 9 heteroatoms. The maximum absolute atomic E-state index is 12.1. The number of ether oxygens (including phenoxy) is 2. The zero-order valence-electron chi connectivity index (χ0n) is 15.3. The quantitative estimate of drug-likeness (QED) is 0.277. The highest BCUT2D eigenvalue weighted by Crippen LogP contribution is 2.25. The summed E-state index contributed by atoms with van der Waals surface area (Å²) >= 11 is 0. The summed E-state index contributed by atoms with van der Waals surface area (Å²) in [6, 6.07) is 13.2. The molecule has 0 aromatic heterocycles. The molecule has 0 saturated carbocycles. The highest BCUT2D eigenvalue weighted by Gasteiger charge is 2.19. The van der Waals surface area contributed by atoms with Crippen LogP contribution in [-0.4, -0.2) is 43.7 Å². The normalized spacial score (nSPS) is 10.2. The minimum atomic E-state index is -0.818. The highest BCUT2D eigenvalue weighted by atomic mass is 16.6. The van der Waals surface area contributed by atoms with Crippen LogP contribution in [0.1, 0.15) is 15.9 Å². The van der Waals surface area contributed by atoms with E-state index in [1.807, 2.05) is 30.3 Å². The van der Waals surface area contributed by atoms with Crippen LogP contribution in [0.15, 0.2) is 48.5 Å². The summed E-state index contributed by atoms with van der Waals surface area (Å²) in [6.07, 6.45) is 0. The minimum Gasteiger partial charge on any atom is -0.452 e. The number of nitrogens with zero attached hydrogens (tertiary/aromatic N) is 1. The molecule has 0 unspecified atom stereocenters. The molecule has 0 heterocycles. The molecule has 0 spiro atoms. The Morgan fingerprint density at radius 3 is 2.57 bits per heavy atom. The Bertz CT molecular complexity index is 826. The Morgan fingerprint density at radius 1 is 1.14 bits per heavy atom. The van der Waals surface area contributed by atoms with Gasteiger partial charge in [0, 0.05) is 26.3 Å². The number of benzene rings is 2. The Balaban J connectivity index is 1.91. The summed E-state index contributed by atoms with van der Waals surface area (Å²) < 4.78 is 9.82. The average Bonchev–Trinajstić information content (AvgIpc) is 2.71. The van der Waals surface area contributed by atoms with Crippen LogP contribution in [-0.2, 0) is 20.8 Å². The Labute approximate surface area is 161 Å². The fourth-order valence-corrected chi connectivity index (χ4v) is 2.31. The van der Waals surface area contributed by atoms with Gasteiger partial charge in [-0.05, 0) is 17.7 Å².